The molecule has 0 aliphatic rings. The minimum absolute atomic E-state index is 0.0736. The molecule has 178 valence electrons. The van der Waals surface area contributed by atoms with Crippen molar-refractivity contribution in [2.45, 2.75) is 4.90 Å². The largest absolute Gasteiger partial charge is 0.452 e. The Morgan fingerprint density at radius 1 is 1.00 bits per heavy atom. The lowest BCUT2D eigenvalue weighted by molar-refractivity contribution is -0.119. The molecule has 0 spiro atoms. The summed E-state index contributed by atoms with van der Waals surface area (Å²) in [4.78, 5) is 25.0. The van der Waals surface area contributed by atoms with Gasteiger partial charge in [-0.1, -0.05) is 24.3 Å². The van der Waals surface area contributed by atoms with Crippen LogP contribution in [0.25, 0.3) is 16.9 Å². The van der Waals surface area contributed by atoms with E-state index in [1.165, 1.54) is 59.4 Å². The van der Waals surface area contributed by atoms with E-state index < -0.39 is 34.3 Å². The van der Waals surface area contributed by atoms with Crippen LogP contribution in [0.4, 0.5) is 10.1 Å². The fourth-order valence-electron chi connectivity index (χ4n) is 3.21. The molecule has 1 amide bonds. The van der Waals surface area contributed by atoms with Gasteiger partial charge < -0.3 is 10.1 Å². The van der Waals surface area contributed by atoms with E-state index in [0.29, 0.717) is 11.3 Å². The highest BCUT2D eigenvalue weighted by Crippen LogP contribution is 2.25. The number of amides is 1. The zero-order chi connectivity index (χ0) is 25.0. The fourth-order valence-corrected chi connectivity index (χ4v) is 3.77. The molecule has 0 atom stereocenters. The van der Waals surface area contributed by atoms with E-state index >= 15 is 0 Å². The van der Waals surface area contributed by atoms with Crippen LogP contribution in [-0.4, -0.2) is 36.7 Å². The predicted molar refractivity (Wildman–Crippen MR) is 126 cm³/mol. The van der Waals surface area contributed by atoms with Crippen LogP contribution in [-0.2, 0) is 19.6 Å². The summed E-state index contributed by atoms with van der Waals surface area (Å²) < 4.78 is 43.0. The number of esters is 1. The van der Waals surface area contributed by atoms with Gasteiger partial charge in [-0.25, -0.2) is 27.4 Å². The van der Waals surface area contributed by atoms with Gasteiger partial charge in [-0.15, -0.1) is 0 Å². The van der Waals surface area contributed by atoms with E-state index in [1.807, 2.05) is 18.2 Å². The smallest absolute Gasteiger partial charge is 0.342 e. The summed E-state index contributed by atoms with van der Waals surface area (Å²) in [5, 5.41) is 12.0. The second kappa shape index (κ2) is 9.87. The number of aromatic nitrogens is 2. The average molecular weight is 495 g/mol. The molecule has 0 bridgehead atoms. The van der Waals surface area contributed by atoms with Gasteiger partial charge in [0.2, 0.25) is 10.0 Å². The number of halogens is 1. The maximum Gasteiger partial charge on any atom is 0.342 e. The molecule has 11 heteroatoms. The molecule has 0 radical (unpaired) electrons. The number of benzene rings is 3. The highest BCUT2D eigenvalue weighted by molar-refractivity contribution is 7.89. The SMILES string of the molecule is NS(=O)(=O)c1cccc(NC(=O)COC(=O)c2cn(-c3ccccc3)nc2-c2ccc(F)cc2)c1. The van der Waals surface area contributed by atoms with Gasteiger partial charge in [0.05, 0.1) is 10.6 Å². The lowest BCUT2D eigenvalue weighted by Crippen LogP contribution is -2.21. The number of para-hydroxylation sites is 1. The van der Waals surface area contributed by atoms with E-state index in [1.54, 1.807) is 12.1 Å². The Labute approximate surface area is 200 Å². The lowest BCUT2D eigenvalue weighted by Gasteiger charge is -2.08. The Balaban J connectivity index is 1.53. The monoisotopic (exact) mass is 494 g/mol. The molecular formula is C24H19FN4O5S. The number of hydrogen-bond acceptors (Lipinski definition) is 6. The van der Waals surface area contributed by atoms with Gasteiger partial charge >= 0.3 is 5.97 Å². The first-order chi connectivity index (χ1) is 16.7. The summed E-state index contributed by atoms with van der Waals surface area (Å²) in [7, 11) is -3.95. The summed E-state index contributed by atoms with van der Waals surface area (Å²) in [5.74, 6) is -1.95. The van der Waals surface area contributed by atoms with E-state index in [2.05, 4.69) is 10.4 Å². The summed E-state index contributed by atoms with van der Waals surface area (Å²) in [6, 6.07) is 19.8. The molecule has 4 aromatic rings. The minimum Gasteiger partial charge on any atom is -0.452 e. The third-order valence-electron chi connectivity index (χ3n) is 4.85. The third kappa shape index (κ3) is 5.78. The molecule has 0 saturated heterocycles. The first-order valence-electron chi connectivity index (χ1n) is 10.2. The molecule has 35 heavy (non-hydrogen) atoms. The first kappa shape index (κ1) is 23.8. The highest BCUT2D eigenvalue weighted by atomic mass is 32.2. The molecule has 1 heterocycles. The zero-order valence-electron chi connectivity index (χ0n) is 18.1. The van der Waals surface area contributed by atoms with Gasteiger partial charge in [0, 0.05) is 17.4 Å². The van der Waals surface area contributed by atoms with Crippen LogP contribution in [0.2, 0.25) is 0 Å². The Morgan fingerprint density at radius 3 is 2.40 bits per heavy atom. The maximum absolute atomic E-state index is 13.4. The molecular weight excluding hydrogens is 475 g/mol. The average Bonchev–Trinajstić information content (AvgIpc) is 3.29. The molecule has 3 aromatic carbocycles. The summed E-state index contributed by atoms with van der Waals surface area (Å²) in [6.45, 7) is -0.641. The van der Waals surface area contributed by atoms with Crippen LogP contribution in [0.3, 0.4) is 0 Å². The van der Waals surface area contributed by atoms with Crippen LogP contribution >= 0.6 is 0 Å². The quantitative estimate of drug-likeness (QED) is 0.379. The zero-order valence-corrected chi connectivity index (χ0v) is 18.9. The number of nitrogens with zero attached hydrogens (tertiary/aromatic N) is 2. The van der Waals surface area contributed by atoms with Crippen LogP contribution in [0.5, 0.6) is 0 Å². The van der Waals surface area contributed by atoms with Crippen LogP contribution in [0, 0.1) is 5.82 Å². The molecule has 0 fully saturated rings. The van der Waals surface area contributed by atoms with E-state index in [9.17, 15) is 22.4 Å². The summed E-state index contributed by atoms with van der Waals surface area (Å²) >= 11 is 0. The number of sulfonamides is 1. The van der Waals surface area contributed by atoms with Crippen molar-refractivity contribution in [2.75, 3.05) is 11.9 Å². The van der Waals surface area contributed by atoms with Crippen LogP contribution < -0.4 is 10.5 Å². The predicted octanol–water partition coefficient (Wildman–Crippen LogP) is 3.12. The van der Waals surface area contributed by atoms with Gasteiger partial charge in [-0.05, 0) is 54.6 Å². The number of rotatable bonds is 7. The first-order valence-corrected chi connectivity index (χ1v) is 11.8. The number of ether oxygens (including phenoxy) is 1. The second-order valence-electron chi connectivity index (χ2n) is 7.38. The van der Waals surface area contributed by atoms with Crippen molar-refractivity contribution in [3.8, 4) is 16.9 Å². The van der Waals surface area contributed by atoms with Crippen molar-refractivity contribution in [3.05, 3.63) is 96.4 Å². The van der Waals surface area contributed by atoms with E-state index in [0.717, 1.165) is 0 Å². The Hall–Kier alpha value is -4.35. The summed E-state index contributed by atoms with van der Waals surface area (Å²) in [5.41, 5.74) is 1.66. The van der Waals surface area contributed by atoms with Gasteiger partial charge in [0.1, 0.15) is 17.1 Å². The number of carbonyl (C=O) groups is 2. The standard InChI is InChI=1S/C24H19FN4O5S/c25-17-11-9-16(10-12-17)23-21(14-29(28-23)19-6-2-1-3-7-19)24(31)34-15-22(30)27-18-5-4-8-20(13-18)35(26,32)33/h1-14H,15H2,(H,27,30)(H2,26,32,33). The molecule has 3 N–H and O–H groups in total. The summed E-state index contributed by atoms with van der Waals surface area (Å²) in [6.07, 6.45) is 1.46. The van der Waals surface area contributed by atoms with E-state index in [4.69, 9.17) is 9.88 Å². The fraction of sp³-hybridized carbons (Fsp3) is 0.0417. The number of carbonyl (C=O) groups excluding carboxylic acids is 2. The number of nitrogens with two attached hydrogens (primary N) is 1. The van der Waals surface area contributed by atoms with Crippen molar-refractivity contribution in [1.29, 1.82) is 0 Å². The Kier molecular flexibility index (Phi) is 6.71. The lowest BCUT2D eigenvalue weighted by atomic mass is 10.1. The Bertz CT molecular complexity index is 1490. The normalized spacial score (nSPS) is 11.1. The topological polar surface area (TPSA) is 133 Å². The van der Waals surface area contributed by atoms with Crippen molar-refractivity contribution in [2.24, 2.45) is 5.14 Å². The molecule has 1 aromatic heterocycles. The number of nitrogens with one attached hydrogen (secondary N) is 1. The molecule has 0 aliphatic heterocycles. The molecule has 0 aliphatic carbocycles. The minimum atomic E-state index is -3.95. The van der Waals surface area contributed by atoms with Crippen LogP contribution in [0.15, 0.2) is 90.0 Å². The third-order valence-corrected chi connectivity index (χ3v) is 5.76. The Morgan fingerprint density at radius 2 is 1.71 bits per heavy atom. The maximum atomic E-state index is 13.4. The molecule has 9 nitrogen and oxygen atoms in total. The van der Waals surface area contributed by atoms with Crippen LogP contribution in [0.1, 0.15) is 10.4 Å². The number of primary sulfonamides is 1. The van der Waals surface area contributed by atoms with Gasteiger partial charge in [-0.3, -0.25) is 4.79 Å². The van der Waals surface area contributed by atoms with Crippen molar-refractivity contribution in [1.82, 2.24) is 9.78 Å². The van der Waals surface area contributed by atoms with Crippen molar-refractivity contribution < 1.29 is 27.1 Å². The molecule has 0 saturated carbocycles. The number of hydrogen-bond donors (Lipinski definition) is 2. The number of anilines is 1. The second-order valence-corrected chi connectivity index (χ2v) is 8.94. The van der Waals surface area contributed by atoms with E-state index in [-0.39, 0.29) is 21.8 Å². The van der Waals surface area contributed by atoms with Gasteiger partial charge in [-0.2, -0.15) is 5.10 Å². The van der Waals surface area contributed by atoms with Crippen molar-refractivity contribution in [3.63, 3.8) is 0 Å². The van der Waals surface area contributed by atoms with Gasteiger partial charge in [0.15, 0.2) is 6.61 Å². The molecule has 0 unspecified atom stereocenters. The highest BCUT2D eigenvalue weighted by Gasteiger charge is 2.21. The molecule has 4 rings (SSSR count). The van der Waals surface area contributed by atoms with Crippen molar-refractivity contribution >= 4 is 27.6 Å². The van der Waals surface area contributed by atoms with Gasteiger partial charge in [0.25, 0.3) is 5.91 Å².